The first-order valence-corrected chi connectivity index (χ1v) is 6.54. The summed E-state index contributed by atoms with van der Waals surface area (Å²) >= 11 is 0. The SMILES string of the molecule is CNCC1CCCN(C(=O)c2cc(F)ccc2O)C1. The van der Waals surface area contributed by atoms with E-state index in [0.717, 1.165) is 31.5 Å². The van der Waals surface area contributed by atoms with Gasteiger partial charge in [-0.25, -0.2) is 4.39 Å². The van der Waals surface area contributed by atoms with Gasteiger partial charge in [-0.1, -0.05) is 0 Å². The van der Waals surface area contributed by atoms with E-state index in [0.29, 0.717) is 19.0 Å². The summed E-state index contributed by atoms with van der Waals surface area (Å²) in [5, 5.41) is 12.8. The van der Waals surface area contributed by atoms with Crippen molar-refractivity contribution in [3.8, 4) is 5.75 Å². The number of rotatable bonds is 3. The van der Waals surface area contributed by atoms with Gasteiger partial charge >= 0.3 is 0 Å². The van der Waals surface area contributed by atoms with Crippen molar-refractivity contribution in [2.45, 2.75) is 12.8 Å². The Morgan fingerprint density at radius 3 is 3.11 bits per heavy atom. The van der Waals surface area contributed by atoms with E-state index >= 15 is 0 Å². The number of phenols is 1. The Kier molecular flexibility index (Phi) is 4.37. The van der Waals surface area contributed by atoms with Crippen LogP contribution in [0, 0.1) is 11.7 Å². The molecule has 0 aromatic heterocycles. The molecular formula is C14H19FN2O2. The molecule has 1 saturated heterocycles. The molecule has 4 nitrogen and oxygen atoms in total. The molecule has 1 unspecified atom stereocenters. The van der Waals surface area contributed by atoms with Crippen LogP contribution in [0.1, 0.15) is 23.2 Å². The van der Waals surface area contributed by atoms with Gasteiger partial charge in [0.05, 0.1) is 5.56 Å². The number of carbonyl (C=O) groups excluding carboxylic acids is 1. The summed E-state index contributed by atoms with van der Waals surface area (Å²) in [6, 6.07) is 3.46. The first-order chi connectivity index (χ1) is 9.11. The number of piperidine rings is 1. The van der Waals surface area contributed by atoms with Crippen LogP contribution >= 0.6 is 0 Å². The van der Waals surface area contributed by atoms with Crippen molar-refractivity contribution < 1.29 is 14.3 Å². The molecule has 2 rings (SSSR count). The zero-order chi connectivity index (χ0) is 13.8. The Labute approximate surface area is 112 Å². The van der Waals surface area contributed by atoms with Crippen molar-refractivity contribution >= 4 is 5.91 Å². The number of nitrogens with zero attached hydrogens (tertiary/aromatic N) is 1. The summed E-state index contributed by atoms with van der Waals surface area (Å²) in [5.41, 5.74) is 0.0464. The zero-order valence-corrected chi connectivity index (χ0v) is 11.0. The van der Waals surface area contributed by atoms with Crippen molar-refractivity contribution in [2.75, 3.05) is 26.7 Å². The molecule has 0 bridgehead atoms. The Morgan fingerprint density at radius 1 is 1.58 bits per heavy atom. The molecule has 1 aromatic carbocycles. The molecule has 1 aromatic rings. The molecule has 0 saturated carbocycles. The highest BCUT2D eigenvalue weighted by Gasteiger charge is 2.25. The van der Waals surface area contributed by atoms with Gasteiger partial charge in [0, 0.05) is 13.1 Å². The van der Waals surface area contributed by atoms with Crippen LogP contribution in [0.15, 0.2) is 18.2 Å². The van der Waals surface area contributed by atoms with Gasteiger partial charge in [-0.05, 0) is 50.6 Å². The largest absolute Gasteiger partial charge is 0.507 e. The van der Waals surface area contributed by atoms with E-state index in [1.54, 1.807) is 4.90 Å². The van der Waals surface area contributed by atoms with Crippen LogP contribution in [0.3, 0.4) is 0 Å². The number of hydrogen-bond donors (Lipinski definition) is 2. The number of benzene rings is 1. The molecule has 1 amide bonds. The maximum Gasteiger partial charge on any atom is 0.257 e. The molecule has 1 fully saturated rings. The molecule has 104 valence electrons. The van der Waals surface area contributed by atoms with E-state index in [2.05, 4.69) is 5.32 Å². The standard InChI is InChI=1S/C14H19FN2O2/c1-16-8-10-3-2-6-17(9-10)14(19)12-7-11(15)4-5-13(12)18/h4-5,7,10,16,18H,2-3,6,8-9H2,1H3. The van der Waals surface area contributed by atoms with Crippen molar-refractivity contribution in [3.63, 3.8) is 0 Å². The van der Waals surface area contributed by atoms with E-state index in [1.165, 1.54) is 6.07 Å². The highest BCUT2D eigenvalue weighted by Crippen LogP contribution is 2.23. The van der Waals surface area contributed by atoms with Gasteiger partial charge in [-0.2, -0.15) is 0 Å². The maximum atomic E-state index is 13.2. The van der Waals surface area contributed by atoms with Crippen LogP contribution in [-0.2, 0) is 0 Å². The van der Waals surface area contributed by atoms with Crippen molar-refractivity contribution in [1.29, 1.82) is 0 Å². The first kappa shape index (κ1) is 13.8. The molecule has 1 heterocycles. The Bertz CT molecular complexity index is 463. The molecule has 0 aliphatic carbocycles. The van der Waals surface area contributed by atoms with Gasteiger partial charge in [0.2, 0.25) is 0 Å². The Morgan fingerprint density at radius 2 is 2.37 bits per heavy atom. The van der Waals surface area contributed by atoms with Crippen LogP contribution in [0.25, 0.3) is 0 Å². The molecule has 5 heteroatoms. The monoisotopic (exact) mass is 266 g/mol. The number of carbonyl (C=O) groups is 1. The normalized spacial score (nSPS) is 19.5. The summed E-state index contributed by atoms with van der Waals surface area (Å²) in [4.78, 5) is 14.0. The molecule has 19 heavy (non-hydrogen) atoms. The van der Waals surface area contributed by atoms with Gasteiger partial charge in [-0.3, -0.25) is 4.79 Å². The lowest BCUT2D eigenvalue weighted by Crippen LogP contribution is -2.42. The first-order valence-electron chi connectivity index (χ1n) is 6.54. The van der Waals surface area contributed by atoms with E-state index in [4.69, 9.17) is 0 Å². The number of hydrogen-bond acceptors (Lipinski definition) is 3. The molecule has 0 spiro atoms. The Balaban J connectivity index is 2.12. The lowest BCUT2D eigenvalue weighted by atomic mass is 9.97. The van der Waals surface area contributed by atoms with E-state index in [1.807, 2.05) is 7.05 Å². The maximum absolute atomic E-state index is 13.2. The second-order valence-corrected chi connectivity index (χ2v) is 4.98. The minimum atomic E-state index is -0.509. The van der Waals surface area contributed by atoms with E-state index in [-0.39, 0.29) is 17.2 Å². The third-order valence-corrected chi connectivity index (χ3v) is 3.49. The number of aromatic hydroxyl groups is 1. The third kappa shape index (κ3) is 3.23. The van der Waals surface area contributed by atoms with Gasteiger partial charge in [0.1, 0.15) is 11.6 Å². The van der Waals surface area contributed by atoms with Crippen molar-refractivity contribution in [2.24, 2.45) is 5.92 Å². The fourth-order valence-electron chi connectivity index (χ4n) is 2.55. The molecular weight excluding hydrogens is 247 g/mol. The highest BCUT2D eigenvalue weighted by molar-refractivity contribution is 5.96. The lowest BCUT2D eigenvalue weighted by Gasteiger charge is -2.32. The van der Waals surface area contributed by atoms with Crippen molar-refractivity contribution in [3.05, 3.63) is 29.6 Å². The molecule has 1 atom stereocenters. The number of halogens is 1. The van der Waals surface area contributed by atoms with E-state index < -0.39 is 5.82 Å². The second-order valence-electron chi connectivity index (χ2n) is 4.98. The smallest absolute Gasteiger partial charge is 0.257 e. The van der Waals surface area contributed by atoms with Crippen LogP contribution in [0.2, 0.25) is 0 Å². The fraction of sp³-hybridized carbons (Fsp3) is 0.500. The minimum Gasteiger partial charge on any atom is -0.507 e. The average molecular weight is 266 g/mol. The third-order valence-electron chi connectivity index (χ3n) is 3.49. The fourth-order valence-corrected chi connectivity index (χ4v) is 2.55. The minimum absolute atomic E-state index is 0.0464. The molecule has 2 N–H and O–H groups in total. The van der Waals surface area contributed by atoms with Crippen LogP contribution in [-0.4, -0.2) is 42.6 Å². The number of amides is 1. The summed E-state index contributed by atoms with van der Waals surface area (Å²) in [5.74, 6) is -0.553. The predicted octanol–water partition coefficient (Wildman–Crippen LogP) is 1.60. The zero-order valence-electron chi connectivity index (χ0n) is 11.0. The molecule has 0 radical (unpaired) electrons. The average Bonchev–Trinajstić information content (AvgIpc) is 2.41. The summed E-state index contributed by atoms with van der Waals surface area (Å²) in [6.45, 7) is 2.17. The second kappa shape index (κ2) is 6.02. The van der Waals surface area contributed by atoms with Crippen LogP contribution in [0.5, 0.6) is 5.75 Å². The Hall–Kier alpha value is -1.62. The lowest BCUT2D eigenvalue weighted by molar-refractivity contribution is 0.0670. The summed E-state index contributed by atoms with van der Waals surface area (Å²) < 4.78 is 13.2. The predicted molar refractivity (Wildman–Crippen MR) is 70.6 cm³/mol. The summed E-state index contributed by atoms with van der Waals surface area (Å²) in [6.07, 6.45) is 2.02. The quantitative estimate of drug-likeness (QED) is 0.874. The molecule has 1 aliphatic rings. The van der Waals surface area contributed by atoms with E-state index in [9.17, 15) is 14.3 Å². The van der Waals surface area contributed by atoms with Gasteiger partial charge < -0.3 is 15.3 Å². The number of likely N-dealkylation sites (tertiary alicyclic amines) is 1. The van der Waals surface area contributed by atoms with Gasteiger partial charge in [-0.15, -0.1) is 0 Å². The molecule has 1 aliphatic heterocycles. The van der Waals surface area contributed by atoms with Gasteiger partial charge in [0.15, 0.2) is 0 Å². The van der Waals surface area contributed by atoms with Crippen molar-refractivity contribution in [1.82, 2.24) is 10.2 Å². The van der Waals surface area contributed by atoms with Crippen LogP contribution < -0.4 is 5.32 Å². The van der Waals surface area contributed by atoms with Crippen LogP contribution in [0.4, 0.5) is 4.39 Å². The number of nitrogens with one attached hydrogen (secondary N) is 1. The van der Waals surface area contributed by atoms with Gasteiger partial charge in [0.25, 0.3) is 5.91 Å². The highest BCUT2D eigenvalue weighted by atomic mass is 19.1. The topological polar surface area (TPSA) is 52.6 Å². The number of phenolic OH excluding ortho intramolecular Hbond substituents is 1. The summed E-state index contributed by atoms with van der Waals surface area (Å²) in [7, 11) is 1.89.